The molecule has 0 aliphatic carbocycles. The van der Waals surface area contributed by atoms with Crippen molar-refractivity contribution >= 4 is 11.6 Å². The standard InChI is InChI=1S/C27H24N2O4/c1-3-32-21-15-13-19(14-16-21)25-28-23(18(2)33-25)17-29-24-12-8-7-11-22(24)27(31,26(29)30)20-9-5-4-6-10-20/h4-16,31H,3,17H2,1-2H3/t27-/m1/s1. The highest BCUT2D eigenvalue weighted by Crippen LogP contribution is 2.45. The van der Waals surface area contributed by atoms with Crippen molar-refractivity contribution < 1.29 is 19.1 Å². The van der Waals surface area contributed by atoms with Crippen LogP contribution in [-0.2, 0) is 16.9 Å². The lowest BCUT2D eigenvalue weighted by Gasteiger charge is -2.23. The van der Waals surface area contributed by atoms with Crippen molar-refractivity contribution in [3.63, 3.8) is 0 Å². The van der Waals surface area contributed by atoms with Gasteiger partial charge in [0.05, 0.1) is 18.8 Å². The van der Waals surface area contributed by atoms with Gasteiger partial charge in [0.25, 0.3) is 5.91 Å². The van der Waals surface area contributed by atoms with Gasteiger partial charge in [0.2, 0.25) is 5.89 Å². The Bertz CT molecular complexity index is 1300. The van der Waals surface area contributed by atoms with Gasteiger partial charge >= 0.3 is 0 Å². The quantitative estimate of drug-likeness (QED) is 0.465. The van der Waals surface area contributed by atoms with Crippen molar-refractivity contribution in [2.75, 3.05) is 11.5 Å². The van der Waals surface area contributed by atoms with Crippen LogP contribution in [0.4, 0.5) is 5.69 Å². The average molecular weight is 440 g/mol. The van der Waals surface area contributed by atoms with Crippen molar-refractivity contribution in [2.24, 2.45) is 0 Å². The number of carbonyl (C=O) groups is 1. The maximum Gasteiger partial charge on any atom is 0.268 e. The third-order valence-electron chi connectivity index (χ3n) is 5.94. The molecular formula is C27H24N2O4. The molecule has 33 heavy (non-hydrogen) atoms. The molecule has 0 bridgehead atoms. The monoisotopic (exact) mass is 440 g/mol. The second-order valence-corrected chi connectivity index (χ2v) is 7.96. The molecule has 6 heteroatoms. The molecule has 0 radical (unpaired) electrons. The van der Waals surface area contributed by atoms with Gasteiger partial charge in [0.1, 0.15) is 17.2 Å². The number of benzene rings is 3. The van der Waals surface area contributed by atoms with Crippen LogP contribution >= 0.6 is 0 Å². The van der Waals surface area contributed by atoms with E-state index in [1.165, 1.54) is 0 Å². The molecule has 0 saturated heterocycles. The van der Waals surface area contributed by atoms with E-state index in [1.54, 1.807) is 23.1 Å². The molecule has 166 valence electrons. The van der Waals surface area contributed by atoms with E-state index in [2.05, 4.69) is 4.98 Å². The lowest BCUT2D eigenvalue weighted by atomic mass is 9.88. The molecular weight excluding hydrogens is 416 g/mol. The molecule has 1 aliphatic rings. The van der Waals surface area contributed by atoms with E-state index in [0.29, 0.717) is 40.8 Å². The number of anilines is 1. The summed E-state index contributed by atoms with van der Waals surface area (Å²) in [5.74, 6) is 1.48. The van der Waals surface area contributed by atoms with Crippen LogP contribution in [-0.4, -0.2) is 22.6 Å². The molecule has 1 aliphatic heterocycles. The Balaban J connectivity index is 1.48. The fourth-order valence-electron chi connectivity index (χ4n) is 4.26. The highest BCUT2D eigenvalue weighted by Gasteiger charge is 2.51. The molecule has 4 aromatic rings. The van der Waals surface area contributed by atoms with Crippen LogP contribution in [0.5, 0.6) is 5.75 Å². The number of aryl methyl sites for hydroxylation is 1. The van der Waals surface area contributed by atoms with Crippen molar-refractivity contribution in [1.82, 2.24) is 4.98 Å². The van der Waals surface area contributed by atoms with Gasteiger partial charge in [-0.05, 0) is 49.7 Å². The predicted octanol–water partition coefficient (Wildman–Crippen LogP) is 4.83. The Morgan fingerprint density at radius 2 is 1.70 bits per heavy atom. The molecule has 1 N–H and O–H groups in total. The highest BCUT2D eigenvalue weighted by atomic mass is 16.5. The van der Waals surface area contributed by atoms with Crippen LogP contribution in [0, 0.1) is 6.92 Å². The zero-order valence-corrected chi connectivity index (χ0v) is 18.5. The lowest BCUT2D eigenvalue weighted by Crippen LogP contribution is -2.41. The van der Waals surface area contributed by atoms with Crippen LogP contribution in [0.25, 0.3) is 11.5 Å². The number of aromatic nitrogens is 1. The Labute approximate surface area is 192 Å². The zero-order valence-electron chi connectivity index (χ0n) is 18.5. The second kappa shape index (κ2) is 8.22. The Hall–Kier alpha value is -3.90. The van der Waals surface area contributed by atoms with Gasteiger partial charge in [-0.1, -0.05) is 48.5 Å². The highest BCUT2D eigenvalue weighted by molar-refractivity contribution is 6.09. The van der Waals surface area contributed by atoms with Gasteiger partial charge in [0, 0.05) is 11.1 Å². The molecule has 0 fully saturated rings. The van der Waals surface area contributed by atoms with Crippen molar-refractivity contribution in [2.45, 2.75) is 26.0 Å². The topological polar surface area (TPSA) is 75.8 Å². The summed E-state index contributed by atoms with van der Waals surface area (Å²) in [5.41, 5.74) is 1.49. The fourth-order valence-corrected chi connectivity index (χ4v) is 4.26. The van der Waals surface area contributed by atoms with Crippen molar-refractivity contribution in [3.8, 4) is 17.2 Å². The van der Waals surface area contributed by atoms with Gasteiger partial charge in [-0.25, -0.2) is 4.98 Å². The average Bonchev–Trinajstić information content (AvgIpc) is 3.32. The van der Waals surface area contributed by atoms with Crippen LogP contribution in [0.2, 0.25) is 0 Å². The van der Waals surface area contributed by atoms with Crippen LogP contribution < -0.4 is 9.64 Å². The normalized spacial score (nSPS) is 17.3. The molecule has 3 aromatic carbocycles. The molecule has 6 nitrogen and oxygen atoms in total. The number of carbonyl (C=O) groups excluding carboxylic acids is 1. The van der Waals surface area contributed by atoms with Crippen molar-refractivity contribution in [3.05, 3.63) is 101 Å². The number of ether oxygens (including phenoxy) is 1. The first-order chi connectivity index (χ1) is 16.0. The minimum absolute atomic E-state index is 0.192. The van der Waals surface area contributed by atoms with E-state index in [4.69, 9.17) is 9.15 Å². The van der Waals surface area contributed by atoms with E-state index in [1.807, 2.05) is 74.5 Å². The summed E-state index contributed by atoms with van der Waals surface area (Å²) in [6.07, 6.45) is 0. The summed E-state index contributed by atoms with van der Waals surface area (Å²) in [6.45, 7) is 4.56. The number of oxazole rings is 1. The SMILES string of the molecule is CCOc1ccc(-c2nc(CN3C(=O)[C@@](O)(c4ccccc4)c4ccccc43)c(C)o2)cc1. The van der Waals surface area contributed by atoms with Gasteiger partial charge < -0.3 is 19.2 Å². The molecule has 5 rings (SSSR count). The predicted molar refractivity (Wildman–Crippen MR) is 125 cm³/mol. The lowest BCUT2D eigenvalue weighted by molar-refractivity contribution is -0.132. The van der Waals surface area contributed by atoms with Crippen LogP contribution in [0.1, 0.15) is 29.5 Å². The third kappa shape index (κ3) is 3.49. The van der Waals surface area contributed by atoms with E-state index in [0.717, 1.165) is 11.3 Å². The van der Waals surface area contributed by atoms with E-state index >= 15 is 0 Å². The van der Waals surface area contributed by atoms with E-state index in [-0.39, 0.29) is 6.54 Å². The first-order valence-electron chi connectivity index (χ1n) is 10.9. The molecule has 1 amide bonds. The smallest absolute Gasteiger partial charge is 0.268 e. The maximum absolute atomic E-state index is 13.6. The maximum atomic E-state index is 13.6. The number of hydrogen-bond donors (Lipinski definition) is 1. The summed E-state index contributed by atoms with van der Waals surface area (Å²) >= 11 is 0. The summed E-state index contributed by atoms with van der Waals surface area (Å²) in [5, 5.41) is 11.6. The Morgan fingerprint density at radius 3 is 2.42 bits per heavy atom. The number of aliphatic hydroxyl groups is 1. The summed E-state index contributed by atoms with van der Waals surface area (Å²) < 4.78 is 11.4. The summed E-state index contributed by atoms with van der Waals surface area (Å²) in [7, 11) is 0. The van der Waals surface area contributed by atoms with Crippen LogP contribution in [0.15, 0.2) is 83.3 Å². The number of amides is 1. The summed E-state index contributed by atoms with van der Waals surface area (Å²) in [4.78, 5) is 19.8. The molecule has 0 spiro atoms. The minimum Gasteiger partial charge on any atom is -0.494 e. The molecule has 1 aromatic heterocycles. The zero-order chi connectivity index (χ0) is 23.0. The largest absolute Gasteiger partial charge is 0.494 e. The van der Waals surface area contributed by atoms with Crippen molar-refractivity contribution in [1.29, 1.82) is 0 Å². The number of hydrogen-bond acceptors (Lipinski definition) is 5. The number of rotatable bonds is 6. The van der Waals surface area contributed by atoms with Gasteiger partial charge in [-0.2, -0.15) is 0 Å². The van der Waals surface area contributed by atoms with E-state index < -0.39 is 11.5 Å². The van der Waals surface area contributed by atoms with E-state index in [9.17, 15) is 9.90 Å². The minimum atomic E-state index is -1.74. The molecule has 0 saturated carbocycles. The number of para-hydroxylation sites is 1. The number of fused-ring (bicyclic) bond motifs is 1. The van der Waals surface area contributed by atoms with Gasteiger partial charge in [-0.15, -0.1) is 0 Å². The fraction of sp³-hybridized carbons (Fsp3) is 0.185. The van der Waals surface area contributed by atoms with Gasteiger partial charge in [0.15, 0.2) is 5.60 Å². The van der Waals surface area contributed by atoms with Crippen LogP contribution in [0.3, 0.4) is 0 Å². The molecule has 1 atom stereocenters. The molecule has 0 unspecified atom stereocenters. The molecule has 2 heterocycles. The first kappa shape index (κ1) is 21.0. The Morgan fingerprint density at radius 1 is 1.00 bits per heavy atom. The second-order valence-electron chi connectivity index (χ2n) is 7.96. The first-order valence-corrected chi connectivity index (χ1v) is 10.9. The van der Waals surface area contributed by atoms with Gasteiger partial charge in [-0.3, -0.25) is 4.79 Å². The summed E-state index contributed by atoms with van der Waals surface area (Å²) in [6, 6.07) is 23.9. The number of nitrogens with zero attached hydrogens (tertiary/aromatic N) is 2. The third-order valence-corrected chi connectivity index (χ3v) is 5.94. The Kier molecular flexibility index (Phi) is 5.23.